The Labute approximate surface area is 141 Å². The first kappa shape index (κ1) is 17.0. The summed E-state index contributed by atoms with van der Waals surface area (Å²) in [4.78, 5) is 12.4. The van der Waals surface area contributed by atoms with Crippen molar-refractivity contribution in [3.05, 3.63) is 34.5 Å². The Morgan fingerprint density at radius 2 is 2.04 bits per heavy atom. The van der Waals surface area contributed by atoms with Gasteiger partial charge in [-0.2, -0.15) is 18.3 Å². The van der Waals surface area contributed by atoms with Crippen molar-refractivity contribution in [1.29, 1.82) is 0 Å². The monoisotopic (exact) mass is 357 g/mol. The number of thiophene rings is 1. The highest BCUT2D eigenvalue weighted by Gasteiger charge is 2.39. The molecule has 2 heterocycles. The van der Waals surface area contributed by atoms with E-state index in [1.165, 1.54) is 24.8 Å². The van der Waals surface area contributed by atoms with Gasteiger partial charge in [-0.05, 0) is 35.8 Å². The number of nitrogens with one attached hydrogen (secondary N) is 1. The molecule has 0 radical (unpaired) electrons. The first-order valence-corrected chi connectivity index (χ1v) is 8.74. The van der Waals surface area contributed by atoms with Crippen LogP contribution in [0.15, 0.2) is 17.6 Å². The molecule has 0 bridgehead atoms. The molecule has 2 aromatic heterocycles. The molecule has 8 heteroatoms. The van der Waals surface area contributed by atoms with E-state index < -0.39 is 23.3 Å². The van der Waals surface area contributed by atoms with Crippen molar-refractivity contribution in [3.8, 4) is 0 Å². The Morgan fingerprint density at radius 1 is 1.33 bits per heavy atom. The maximum Gasteiger partial charge on any atom is 0.435 e. The van der Waals surface area contributed by atoms with Crippen molar-refractivity contribution in [2.45, 2.75) is 44.2 Å². The number of rotatable bonds is 3. The first-order valence-electron chi connectivity index (χ1n) is 7.86. The van der Waals surface area contributed by atoms with Gasteiger partial charge in [0.2, 0.25) is 0 Å². The summed E-state index contributed by atoms with van der Waals surface area (Å²) in [5.74, 6) is -0.397. The minimum absolute atomic E-state index is 0.372. The highest BCUT2D eigenvalue weighted by atomic mass is 32.1. The molecule has 0 unspecified atom stereocenters. The quantitative estimate of drug-likeness (QED) is 0.858. The molecule has 0 aromatic carbocycles. The Balaban J connectivity index is 1.83. The smallest absolute Gasteiger partial charge is 0.313 e. The van der Waals surface area contributed by atoms with Crippen molar-refractivity contribution in [2.24, 2.45) is 7.05 Å². The predicted octanol–water partition coefficient (Wildman–Crippen LogP) is 4.80. The van der Waals surface area contributed by atoms with Crippen LogP contribution in [-0.2, 0) is 13.2 Å². The van der Waals surface area contributed by atoms with Crippen molar-refractivity contribution in [3.63, 3.8) is 0 Å². The van der Waals surface area contributed by atoms with Gasteiger partial charge >= 0.3 is 6.18 Å². The van der Waals surface area contributed by atoms with Gasteiger partial charge in [0, 0.05) is 13.2 Å². The summed E-state index contributed by atoms with van der Waals surface area (Å²) in [6.45, 7) is 0. The van der Waals surface area contributed by atoms with Crippen LogP contribution in [0.2, 0.25) is 0 Å². The molecule has 0 spiro atoms. The van der Waals surface area contributed by atoms with E-state index in [0.717, 1.165) is 42.1 Å². The second-order valence-corrected chi connectivity index (χ2v) is 6.97. The molecule has 1 N–H and O–H groups in total. The zero-order valence-corrected chi connectivity index (χ0v) is 14.0. The number of carbonyl (C=O) groups excluding carboxylic acids is 1. The summed E-state index contributed by atoms with van der Waals surface area (Å²) < 4.78 is 40.1. The molecular formula is C16H18F3N3OS. The highest BCUT2D eigenvalue weighted by Crippen LogP contribution is 2.39. The van der Waals surface area contributed by atoms with Gasteiger partial charge in [-0.3, -0.25) is 9.48 Å². The molecule has 0 atom stereocenters. The van der Waals surface area contributed by atoms with E-state index in [1.807, 2.05) is 11.4 Å². The Bertz CT molecular complexity index is 729. The summed E-state index contributed by atoms with van der Waals surface area (Å²) >= 11 is 1.35. The number of amides is 1. The SMILES string of the molecule is Cn1cc(C(=O)Nc2sccc2C2CCCCC2)c(C(F)(F)F)n1. The number of halogens is 3. The molecule has 0 aliphatic heterocycles. The predicted molar refractivity (Wildman–Crippen MR) is 86.3 cm³/mol. The van der Waals surface area contributed by atoms with Crippen molar-refractivity contribution >= 4 is 22.2 Å². The summed E-state index contributed by atoms with van der Waals surface area (Å²) in [6, 6.07) is 1.96. The van der Waals surface area contributed by atoms with Gasteiger partial charge in [0.05, 0.1) is 10.6 Å². The molecule has 1 aliphatic rings. The lowest BCUT2D eigenvalue weighted by Gasteiger charge is -2.22. The number of aryl methyl sites for hydroxylation is 1. The van der Waals surface area contributed by atoms with Gasteiger partial charge < -0.3 is 5.32 Å². The van der Waals surface area contributed by atoms with E-state index in [-0.39, 0.29) is 0 Å². The molecule has 130 valence electrons. The minimum Gasteiger partial charge on any atom is -0.313 e. The number of anilines is 1. The van der Waals surface area contributed by atoms with Gasteiger partial charge in [-0.15, -0.1) is 11.3 Å². The van der Waals surface area contributed by atoms with Gasteiger partial charge in [-0.1, -0.05) is 19.3 Å². The Kier molecular flexibility index (Phi) is 4.67. The second-order valence-electron chi connectivity index (χ2n) is 6.06. The Hall–Kier alpha value is -1.83. The van der Waals surface area contributed by atoms with Gasteiger partial charge in [-0.25, -0.2) is 0 Å². The van der Waals surface area contributed by atoms with E-state index >= 15 is 0 Å². The number of carbonyl (C=O) groups is 1. The lowest BCUT2D eigenvalue weighted by Crippen LogP contribution is -2.18. The standard InChI is InChI=1S/C16H18F3N3OS/c1-22-9-12(13(21-22)16(17,18)19)14(23)20-15-11(7-8-24-15)10-5-3-2-4-6-10/h7-10H,2-6H2,1H3,(H,20,23). The fraction of sp³-hybridized carbons (Fsp3) is 0.500. The molecular weight excluding hydrogens is 339 g/mol. The molecule has 1 fully saturated rings. The average Bonchev–Trinajstić information content (AvgIpc) is 3.14. The summed E-state index contributed by atoms with van der Waals surface area (Å²) in [6.07, 6.45) is 2.07. The second kappa shape index (κ2) is 6.58. The molecule has 1 aliphatic carbocycles. The maximum atomic E-state index is 13.0. The zero-order chi connectivity index (χ0) is 17.3. The zero-order valence-electron chi connectivity index (χ0n) is 13.2. The summed E-state index contributed by atoms with van der Waals surface area (Å²) in [7, 11) is 1.37. The van der Waals surface area contributed by atoms with Crippen LogP contribution in [0.25, 0.3) is 0 Å². The third-order valence-corrected chi connectivity index (χ3v) is 5.16. The minimum atomic E-state index is -4.66. The number of hydrogen-bond donors (Lipinski definition) is 1. The van der Waals surface area contributed by atoms with Crippen LogP contribution in [0, 0.1) is 0 Å². The van der Waals surface area contributed by atoms with E-state index in [1.54, 1.807) is 0 Å². The van der Waals surface area contributed by atoms with Gasteiger partial charge in [0.25, 0.3) is 5.91 Å². The third-order valence-electron chi connectivity index (χ3n) is 4.31. The van der Waals surface area contributed by atoms with Crippen LogP contribution in [-0.4, -0.2) is 15.7 Å². The Morgan fingerprint density at radius 3 is 2.71 bits per heavy atom. The number of hydrogen-bond acceptors (Lipinski definition) is 3. The molecule has 0 saturated heterocycles. The number of nitrogens with zero attached hydrogens (tertiary/aromatic N) is 2. The van der Waals surface area contributed by atoms with Gasteiger partial charge in [0.1, 0.15) is 0 Å². The van der Waals surface area contributed by atoms with Crippen LogP contribution >= 0.6 is 11.3 Å². The average molecular weight is 357 g/mol. The van der Waals surface area contributed by atoms with Crippen LogP contribution in [0.5, 0.6) is 0 Å². The van der Waals surface area contributed by atoms with Crippen LogP contribution < -0.4 is 5.32 Å². The molecule has 4 nitrogen and oxygen atoms in total. The van der Waals surface area contributed by atoms with Crippen LogP contribution in [0.3, 0.4) is 0 Å². The maximum absolute atomic E-state index is 13.0. The largest absolute Gasteiger partial charge is 0.435 e. The fourth-order valence-electron chi connectivity index (χ4n) is 3.19. The summed E-state index contributed by atoms with van der Waals surface area (Å²) in [5, 5.41) is 8.55. The van der Waals surface area contributed by atoms with Crippen molar-refractivity contribution in [2.75, 3.05) is 5.32 Å². The molecule has 1 amide bonds. The van der Waals surface area contributed by atoms with Crippen molar-refractivity contribution in [1.82, 2.24) is 9.78 Å². The third kappa shape index (κ3) is 3.48. The highest BCUT2D eigenvalue weighted by molar-refractivity contribution is 7.14. The topological polar surface area (TPSA) is 46.9 Å². The van der Waals surface area contributed by atoms with E-state index in [9.17, 15) is 18.0 Å². The van der Waals surface area contributed by atoms with Crippen LogP contribution in [0.1, 0.15) is 59.6 Å². The molecule has 2 aromatic rings. The van der Waals surface area contributed by atoms with E-state index in [4.69, 9.17) is 0 Å². The van der Waals surface area contributed by atoms with E-state index in [2.05, 4.69) is 10.4 Å². The number of aromatic nitrogens is 2. The first-order chi connectivity index (χ1) is 11.4. The number of alkyl halides is 3. The normalized spacial score (nSPS) is 16.3. The van der Waals surface area contributed by atoms with Crippen molar-refractivity contribution < 1.29 is 18.0 Å². The fourth-order valence-corrected chi connectivity index (χ4v) is 4.06. The lowest BCUT2D eigenvalue weighted by molar-refractivity contribution is -0.141. The van der Waals surface area contributed by atoms with Gasteiger partial charge in [0.15, 0.2) is 5.69 Å². The summed E-state index contributed by atoms with van der Waals surface area (Å²) in [5.41, 5.74) is -0.572. The lowest BCUT2D eigenvalue weighted by atomic mass is 9.85. The molecule has 1 saturated carbocycles. The van der Waals surface area contributed by atoms with Crippen LogP contribution in [0.4, 0.5) is 18.2 Å². The van der Waals surface area contributed by atoms with E-state index in [0.29, 0.717) is 10.9 Å². The molecule has 3 rings (SSSR count). The molecule has 24 heavy (non-hydrogen) atoms.